The molecule has 0 atom stereocenters. The summed E-state index contributed by atoms with van der Waals surface area (Å²) in [5.41, 5.74) is -0.547. The van der Waals surface area contributed by atoms with E-state index in [9.17, 15) is 14.9 Å². The molecule has 0 fully saturated rings. The number of carboxylic acids is 1. The summed E-state index contributed by atoms with van der Waals surface area (Å²) in [6.07, 6.45) is 1.06. The van der Waals surface area contributed by atoms with E-state index in [1.807, 2.05) is 0 Å². The minimum Gasteiger partial charge on any atom is -0.479 e. The van der Waals surface area contributed by atoms with Gasteiger partial charge in [-0.25, -0.2) is 9.78 Å². The Hall–Kier alpha value is -2.69. The molecule has 0 amide bonds. The van der Waals surface area contributed by atoms with E-state index in [0.717, 1.165) is 12.3 Å². The third kappa shape index (κ3) is 2.65. The summed E-state index contributed by atoms with van der Waals surface area (Å²) in [5.74, 6) is -1.70. The first kappa shape index (κ1) is 11.4. The van der Waals surface area contributed by atoms with Crippen LogP contribution in [-0.2, 0) is 4.79 Å². The molecule has 0 saturated heterocycles. The van der Waals surface area contributed by atoms with Crippen molar-refractivity contribution >= 4 is 11.7 Å². The smallest absolute Gasteiger partial charge is 0.341 e. The highest BCUT2D eigenvalue weighted by Gasteiger charge is 2.18. The van der Waals surface area contributed by atoms with Gasteiger partial charge in [0.15, 0.2) is 6.61 Å². The minimum absolute atomic E-state index is 0.00521. The number of rotatable bonds is 4. The number of nitro groups is 1. The first-order valence-electron chi connectivity index (χ1n) is 3.93. The van der Waals surface area contributed by atoms with Gasteiger partial charge in [0.05, 0.1) is 10.5 Å². The van der Waals surface area contributed by atoms with E-state index < -0.39 is 29.1 Å². The van der Waals surface area contributed by atoms with Crippen LogP contribution in [0.15, 0.2) is 12.3 Å². The molecular formula is C8H5N3O5. The Balaban J connectivity index is 3.04. The average Bonchev–Trinajstić information content (AvgIpc) is 2.25. The summed E-state index contributed by atoms with van der Waals surface area (Å²) in [5, 5.41) is 27.4. The van der Waals surface area contributed by atoms with E-state index in [1.54, 1.807) is 6.07 Å². The summed E-state index contributed by atoms with van der Waals surface area (Å²) in [7, 11) is 0. The van der Waals surface area contributed by atoms with Crippen LogP contribution in [-0.4, -0.2) is 27.6 Å². The summed E-state index contributed by atoms with van der Waals surface area (Å²) in [6.45, 7) is -0.736. The minimum atomic E-state index is -1.28. The highest BCUT2D eigenvalue weighted by Crippen LogP contribution is 2.24. The lowest BCUT2D eigenvalue weighted by Crippen LogP contribution is -2.11. The molecular weight excluding hydrogens is 218 g/mol. The maximum absolute atomic E-state index is 10.6. The van der Waals surface area contributed by atoms with Gasteiger partial charge >= 0.3 is 11.7 Å². The second-order valence-corrected chi connectivity index (χ2v) is 2.60. The Morgan fingerprint density at radius 3 is 2.94 bits per heavy atom. The molecule has 16 heavy (non-hydrogen) atoms. The molecule has 8 nitrogen and oxygen atoms in total. The van der Waals surface area contributed by atoms with Crippen LogP contribution in [0.5, 0.6) is 5.88 Å². The first-order valence-corrected chi connectivity index (χ1v) is 3.93. The fraction of sp³-hybridized carbons (Fsp3) is 0.125. The van der Waals surface area contributed by atoms with E-state index in [4.69, 9.17) is 10.4 Å². The van der Waals surface area contributed by atoms with Crippen LogP contribution < -0.4 is 4.74 Å². The molecule has 0 aliphatic carbocycles. The largest absolute Gasteiger partial charge is 0.479 e. The van der Waals surface area contributed by atoms with Crippen molar-refractivity contribution in [3.05, 3.63) is 27.9 Å². The van der Waals surface area contributed by atoms with Crippen LogP contribution in [0.1, 0.15) is 5.56 Å². The molecule has 0 spiro atoms. The van der Waals surface area contributed by atoms with Crippen molar-refractivity contribution in [3.8, 4) is 11.9 Å². The second kappa shape index (κ2) is 4.70. The molecule has 1 aromatic rings. The fourth-order valence-corrected chi connectivity index (χ4v) is 0.874. The van der Waals surface area contributed by atoms with Crippen molar-refractivity contribution in [2.45, 2.75) is 0 Å². The van der Waals surface area contributed by atoms with Crippen LogP contribution in [0.2, 0.25) is 0 Å². The number of hydrogen-bond acceptors (Lipinski definition) is 6. The molecule has 0 aromatic carbocycles. The number of carbonyl (C=O) groups is 1. The zero-order chi connectivity index (χ0) is 12.1. The monoisotopic (exact) mass is 223 g/mol. The van der Waals surface area contributed by atoms with Gasteiger partial charge in [0.25, 0.3) is 5.88 Å². The van der Waals surface area contributed by atoms with E-state index in [0.29, 0.717) is 0 Å². The standard InChI is InChI=1S/C8H5N3O5/c9-2-5-1-6(11(14)15)8(10-3-5)16-4-7(12)13/h1,3H,4H2,(H,12,13). The van der Waals surface area contributed by atoms with Crippen molar-refractivity contribution < 1.29 is 19.6 Å². The first-order chi connectivity index (χ1) is 7.54. The van der Waals surface area contributed by atoms with Gasteiger partial charge in [-0.3, -0.25) is 10.1 Å². The number of aromatic nitrogens is 1. The van der Waals surface area contributed by atoms with Crippen molar-refractivity contribution in [2.75, 3.05) is 6.61 Å². The molecule has 1 rings (SSSR count). The summed E-state index contributed by atoms with van der Waals surface area (Å²) in [6, 6.07) is 2.64. The van der Waals surface area contributed by atoms with Gasteiger partial charge in [-0.15, -0.1) is 0 Å². The topological polar surface area (TPSA) is 126 Å². The van der Waals surface area contributed by atoms with Crippen LogP contribution in [0.25, 0.3) is 0 Å². The summed E-state index contributed by atoms with van der Waals surface area (Å²) >= 11 is 0. The lowest BCUT2D eigenvalue weighted by molar-refractivity contribution is -0.386. The number of pyridine rings is 1. The van der Waals surface area contributed by atoms with Gasteiger partial charge in [0, 0.05) is 12.3 Å². The Bertz CT molecular complexity index is 479. The summed E-state index contributed by atoms with van der Waals surface area (Å²) < 4.78 is 4.60. The third-order valence-corrected chi connectivity index (χ3v) is 1.49. The van der Waals surface area contributed by atoms with Gasteiger partial charge in [0.2, 0.25) is 0 Å². The Morgan fingerprint density at radius 2 is 2.44 bits per heavy atom. The van der Waals surface area contributed by atoms with Gasteiger partial charge < -0.3 is 9.84 Å². The van der Waals surface area contributed by atoms with Gasteiger partial charge in [-0.1, -0.05) is 0 Å². The highest BCUT2D eigenvalue weighted by molar-refractivity contribution is 5.68. The second-order valence-electron chi connectivity index (χ2n) is 2.60. The molecule has 0 radical (unpaired) electrons. The quantitative estimate of drug-likeness (QED) is 0.575. The van der Waals surface area contributed by atoms with Crippen LogP contribution in [0, 0.1) is 21.4 Å². The molecule has 0 unspecified atom stereocenters. The Kier molecular flexibility index (Phi) is 3.34. The molecule has 1 aromatic heterocycles. The number of hydrogen-bond donors (Lipinski definition) is 1. The predicted molar refractivity (Wildman–Crippen MR) is 48.7 cm³/mol. The lowest BCUT2D eigenvalue weighted by Gasteiger charge is -2.02. The molecule has 0 saturated carbocycles. The van der Waals surface area contributed by atoms with Crippen molar-refractivity contribution in [1.82, 2.24) is 4.98 Å². The van der Waals surface area contributed by atoms with Crippen molar-refractivity contribution in [2.24, 2.45) is 0 Å². The molecule has 82 valence electrons. The normalized spacial score (nSPS) is 9.19. The van der Waals surface area contributed by atoms with Gasteiger partial charge in [-0.2, -0.15) is 5.26 Å². The molecule has 1 N–H and O–H groups in total. The SMILES string of the molecule is N#Cc1cnc(OCC(=O)O)c([N+](=O)[O-])c1. The zero-order valence-corrected chi connectivity index (χ0v) is 7.78. The Morgan fingerprint density at radius 1 is 1.75 bits per heavy atom. The fourth-order valence-electron chi connectivity index (χ4n) is 0.874. The number of carboxylic acid groups (broad SMARTS) is 1. The Labute approximate surface area is 88.9 Å². The van der Waals surface area contributed by atoms with Crippen LogP contribution in [0.3, 0.4) is 0 Å². The third-order valence-electron chi connectivity index (χ3n) is 1.49. The zero-order valence-electron chi connectivity index (χ0n) is 7.78. The molecule has 8 heteroatoms. The maximum Gasteiger partial charge on any atom is 0.341 e. The number of nitrogens with zero attached hydrogens (tertiary/aromatic N) is 3. The van der Waals surface area contributed by atoms with Crippen LogP contribution >= 0.6 is 0 Å². The molecule has 0 aliphatic heterocycles. The van der Waals surface area contributed by atoms with E-state index in [1.165, 1.54) is 0 Å². The van der Waals surface area contributed by atoms with Gasteiger partial charge in [-0.05, 0) is 0 Å². The predicted octanol–water partition coefficient (Wildman–Crippen LogP) is 0.325. The molecule has 0 aliphatic rings. The average molecular weight is 223 g/mol. The molecule has 1 heterocycles. The summed E-state index contributed by atoms with van der Waals surface area (Å²) in [4.78, 5) is 23.5. The number of nitriles is 1. The van der Waals surface area contributed by atoms with E-state index >= 15 is 0 Å². The highest BCUT2D eigenvalue weighted by atomic mass is 16.6. The molecule has 0 bridgehead atoms. The van der Waals surface area contributed by atoms with E-state index in [-0.39, 0.29) is 5.56 Å². The van der Waals surface area contributed by atoms with Gasteiger partial charge in [0.1, 0.15) is 6.07 Å². The van der Waals surface area contributed by atoms with Crippen molar-refractivity contribution in [1.29, 1.82) is 5.26 Å². The van der Waals surface area contributed by atoms with E-state index in [2.05, 4.69) is 9.72 Å². The number of ether oxygens (including phenoxy) is 1. The lowest BCUT2D eigenvalue weighted by atomic mass is 10.3. The van der Waals surface area contributed by atoms with Crippen LogP contribution in [0.4, 0.5) is 5.69 Å². The maximum atomic E-state index is 10.6. The number of aliphatic carboxylic acids is 1. The van der Waals surface area contributed by atoms with Crippen molar-refractivity contribution in [3.63, 3.8) is 0 Å².